The Bertz CT molecular complexity index is 1510. The summed E-state index contributed by atoms with van der Waals surface area (Å²) in [6.45, 7) is 4.92. The molecule has 4 aromatic heterocycles. The van der Waals surface area contributed by atoms with Crippen molar-refractivity contribution in [3.8, 4) is 11.1 Å². The second kappa shape index (κ2) is 9.41. The number of carbonyl (C=O) groups is 1. The molecule has 37 heavy (non-hydrogen) atoms. The van der Waals surface area contributed by atoms with E-state index in [-0.39, 0.29) is 17.8 Å². The van der Waals surface area contributed by atoms with Crippen LogP contribution in [0, 0.1) is 5.92 Å². The smallest absolute Gasteiger partial charge is 0.226 e. The lowest BCUT2D eigenvalue weighted by Crippen LogP contribution is -2.19. The zero-order chi connectivity index (χ0) is 25.7. The van der Waals surface area contributed by atoms with Gasteiger partial charge in [0.2, 0.25) is 5.71 Å². The molecule has 0 aromatic carbocycles. The van der Waals surface area contributed by atoms with Gasteiger partial charge in [-0.2, -0.15) is 10.2 Å². The van der Waals surface area contributed by atoms with Gasteiger partial charge in [0.05, 0.1) is 25.1 Å². The first-order chi connectivity index (χ1) is 18.0. The predicted molar refractivity (Wildman–Crippen MR) is 141 cm³/mol. The molecule has 3 unspecified atom stereocenters. The molecule has 1 saturated heterocycles. The molecule has 0 amide bonds. The van der Waals surface area contributed by atoms with E-state index in [1.54, 1.807) is 9.36 Å². The summed E-state index contributed by atoms with van der Waals surface area (Å²) in [6.07, 6.45) is 13.6. The van der Waals surface area contributed by atoms with E-state index in [0.29, 0.717) is 31.1 Å². The number of aromatic nitrogens is 5. The molecule has 0 saturated carbocycles. The number of furan rings is 1. The average Bonchev–Trinajstić information content (AvgIpc) is 3.68. The number of carbonyl (C=O) groups excluding carboxylic acids is 1. The minimum Gasteiger partial charge on any atom is -0.437 e. The Morgan fingerprint density at radius 2 is 1.78 bits per heavy atom. The molecule has 1 fully saturated rings. The fourth-order valence-electron chi connectivity index (χ4n) is 6.14. The monoisotopic (exact) mass is 499 g/mol. The van der Waals surface area contributed by atoms with Crippen LogP contribution >= 0.6 is 0 Å². The van der Waals surface area contributed by atoms with E-state index in [2.05, 4.69) is 23.2 Å². The van der Waals surface area contributed by atoms with Crippen LogP contribution in [-0.2, 0) is 23.6 Å². The summed E-state index contributed by atoms with van der Waals surface area (Å²) >= 11 is 0. The number of ether oxygens (including phenoxy) is 1. The maximum atomic E-state index is 13.6. The average molecular weight is 500 g/mol. The molecule has 1 aliphatic heterocycles. The lowest BCUT2D eigenvalue weighted by atomic mass is 9.75. The zero-order valence-corrected chi connectivity index (χ0v) is 21.9. The van der Waals surface area contributed by atoms with Crippen LogP contribution in [0.5, 0.6) is 0 Å². The van der Waals surface area contributed by atoms with Gasteiger partial charge in [0.15, 0.2) is 5.78 Å². The highest BCUT2D eigenvalue weighted by Crippen LogP contribution is 2.48. The van der Waals surface area contributed by atoms with Gasteiger partial charge >= 0.3 is 0 Å². The topological polar surface area (TPSA) is 88.0 Å². The molecule has 192 valence electrons. The standard InChI is InChI=1S/C29H33N5O3/c1-5-21-9-18(16-36-21)23-7-8-25(35)22(6-2)26(20-13-32-34(4)15-20)28-27(23)24-10-17(11-30-29(24)37-28)19-12-31-33(3)14-19/h10-15,18,21,23H,5-9,16H2,1-4H3. The first-order valence-corrected chi connectivity index (χ1v) is 13.3. The summed E-state index contributed by atoms with van der Waals surface area (Å²) in [4.78, 5) is 18.3. The molecule has 5 heterocycles. The number of ketones is 1. The van der Waals surface area contributed by atoms with Gasteiger partial charge in [0.25, 0.3) is 0 Å². The highest BCUT2D eigenvalue weighted by Gasteiger charge is 2.39. The van der Waals surface area contributed by atoms with Crippen LogP contribution in [0.1, 0.15) is 68.8 Å². The van der Waals surface area contributed by atoms with Crippen molar-refractivity contribution in [1.29, 1.82) is 0 Å². The Morgan fingerprint density at radius 1 is 1.03 bits per heavy atom. The van der Waals surface area contributed by atoms with Crippen molar-refractivity contribution in [2.45, 2.75) is 58.0 Å². The van der Waals surface area contributed by atoms with Gasteiger partial charge in [-0.15, -0.1) is 0 Å². The molecule has 0 radical (unpaired) electrons. The summed E-state index contributed by atoms with van der Waals surface area (Å²) in [5.74, 6) is 1.39. The first kappa shape index (κ1) is 23.9. The van der Waals surface area contributed by atoms with Gasteiger partial charge < -0.3 is 9.15 Å². The molecule has 3 atom stereocenters. The van der Waals surface area contributed by atoms with Crippen molar-refractivity contribution in [3.63, 3.8) is 0 Å². The molecule has 8 nitrogen and oxygen atoms in total. The summed E-state index contributed by atoms with van der Waals surface area (Å²) in [5.41, 5.74) is 6.31. The van der Waals surface area contributed by atoms with Crippen LogP contribution in [0.3, 0.4) is 0 Å². The zero-order valence-electron chi connectivity index (χ0n) is 21.9. The molecule has 6 rings (SSSR count). The Balaban J connectivity index is 1.62. The molecule has 2 aliphatic rings. The van der Waals surface area contributed by atoms with E-state index in [1.165, 1.54) is 0 Å². The van der Waals surface area contributed by atoms with Gasteiger partial charge in [-0.25, -0.2) is 4.98 Å². The third-order valence-corrected chi connectivity index (χ3v) is 8.02. The van der Waals surface area contributed by atoms with Crippen molar-refractivity contribution < 1.29 is 13.9 Å². The van der Waals surface area contributed by atoms with Crippen LogP contribution in [0.25, 0.3) is 27.8 Å². The molecule has 0 bridgehead atoms. The SMILES string of the molecule is CCC1=C(c2cnn(C)c2)c2oc3ncc(-c4cnn(C)c4)cc3c2C(C2COC(CC)C2)CCC1=O. The van der Waals surface area contributed by atoms with Gasteiger partial charge in [0, 0.05) is 77.9 Å². The number of Topliss-reactive ketones (excluding diaryl/α,β-unsaturated/α-hetero) is 1. The fourth-order valence-corrected chi connectivity index (χ4v) is 6.14. The Morgan fingerprint density at radius 3 is 2.43 bits per heavy atom. The third-order valence-electron chi connectivity index (χ3n) is 8.02. The van der Waals surface area contributed by atoms with E-state index in [4.69, 9.17) is 14.1 Å². The minimum absolute atomic E-state index is 0.132. The second-order valence-electron chi connectivity index (χ2n) is 10.4. The summed E-state index contributed by atoms with van der Waals surface area (Å²) < 4.78 is 16.3. The maximum Gasteiger partial charge on any atom is 0.226 e. The molecule has 1 aliphatic carbocycles. The van der Waals surface area contributed by atoms with E-state index < -0.39 is 0 Å². The van der Waals surface area contributed by atoms with Crippen LogP contribution in [-0.4, -0.2) is 43.0 Å². The van der Waals surface area contributed by atoms with Crippen LogP contribution in [0.2, 0.25) is 0 Å². The number of pyridine rings is 1. The summed E-state index contributed by atoms with van der Waals surface area (Å²) in [5, 5.41) is 9.78. The van der Waals surface area contributed by atoms with Crippen molar-refractivity contribution in [3.05, 3.63) is 59.5 Å². The van der Waals surface area contributed by atoms with Gasteiger partial charge in [-0.05, 0) is 43.6 Å². The summed E-state index contributed by atoms with van der Waals surface area (Å²) in [7, 11) is 3.81. The minimum atomic E-state index is 0.132. The number of fused-ring (bicyclic) bond motifs is 3. The quantitative estimate of drug-likeness (QED) is 0.364. The normalized spacial score (nSPS) is 22.5. The molecule has 0 spiro atoms. The van der Waals surface area contributed by atoms with Crippen molar-refractivity contribution in [2.24, 2.45) is 20.0 Å². The lowest BCUT2D eigenvalue weighted by molar-refractivity contribution is -0.115. The van der Waals surface area contributed by atoms with Gasteiger partial charge in [0.1, 0.15) is 5.76 Å². The Labute approximate surface area is 216 Å². The van der Waals surface area contributed by atoms with Crippen molar-refractivity contribution in [2.75, 3.05) is 6.61 Å². The Kier molecular flexibility index (Phi) is 6.07. The fraction of sp³-hybridized carbons (Fsp3) is 0.448. The maximum absolute atomic E-state index is 13.6. The molecule has 4 aromatic rings. The summed E-state index contributed by atoms with van der Waals surface area (Å²) in [6, 6.07) is 2.18. The predicted octanol–water partition coefficient (Wildman–Crippen LogP) is 5.44. The first-order valence-electron chi connectivity index (χ1n) is 13.3. The Hall–Kier alpha value is -3.52. The van der Waals surface area contributed by atoms with Crippen LogP contribution in [0.15, 0.2) is 47.0 Å². The van der Waals surface area contributed by atoms with Crippen LogP contribution in [0.4, 0.5) is 0 Å². The number of hydrogen-bond acceptors (Lipinski definition) is 6. The number of aryl methyl sites for hydroxylation is 2. The number of allylic oxidation sites excluding steroid dienone is 1. The second-order valence-corrected chi connectivity index (χ2v) is 10.4. The highest BCUT2D eigenvalue weighted by molar-refractivity contribution is 6.07. The molecule has 0 N–H and O–H groups in total. The molecule has 8 heteroatoms. The van der Waals surface area contributed by atoms with E-state index in [1.807, 2.05) is 52.0 Å². The van der Waals surface area contributed by atoms with Crippen LogP contribution < -0.4 is 0 Å². The van der Waals surface area contributed by atoms with E-state index >= 15 is 0 Å². The van der Waals surface area contributed by atoms with Gasteiger partial charge in [-0.1, -0.05) is 13.8 Å². The van der Waals surface area contributed by atoms with Crippen molar-refractivity contribution >= 4 is 22.5 Å². The lowest BCUT2D eigenvalue weighted by Gasteiger charge is -2.26. The highest BCUT2D eigenvalue weighted by atomic mass is 16.5. The molecular formula is C29H33N5O3. The number of hydrogen-bond donors (Lipinski definition) is 0. The number of rotatable bonds is 5. The van der Waals surface area contributed by atoms with Crippen molar-refractivity contribution in [1.82, 2.24) is 24.5 Å². The van der Waals surface area contributed by atoms with Gasteiger partial charge in [-0.3, -0.25) is 14.2 Å². The van der Waals surface area contributed by atoms with E-state index in [0.717, 1.165) is 63.8 Å². The van der Waals surface area contributed by atoms with E-state index in [9.17, 15) is 4.79 Å². The largest absolute Gasteiger partial charge is 0.437 e. The molecular weight excluding hydrogens is 466 g/mol. The third kappa shape index (κ3) is 4.13. The number of nitrogens with zero attached hydrogens (tertiary/aromatic N) is 5.